The van der Waals surface area contributed by atoms with E-state index in [4.69, 9.17) is 0 Å². The predicted molar refractivity (Wildman–Crippen MR) is 245 cm³/mol. The van der Waals surface area contributed by atoms with Crippen molar-refractivity contribution in [2.45, 2.75) is 0 Å². The molecule has 3 aromatic heterocycles. The molecule has 12 rings (SSSR count). The van der Waals surface area contributed by atoms with Crippen molar-refractivity contribution in [1.29, 1.82) is 5.26 Å². The summed E-state index contributed by atoms with van der Waals surface area (Å²) < 4.78 is 7.30. The van der Waals surface area contributed by atoms with Crippen LogP contribution in [0.4, 0.5) is 0 Å². The number of hydrogen-bond acceptors (Lipinski definition) is 1. The van der Waals surface area contributed by atoms with Gasteiger partial charge in [-0.15, -0.1) is 0 Å². The number of para-hydroxylation sites is 6. The molecular formula is C55H34N4. The Hall–Kier alpha value is -8.13. The van der Waals surface area contributed by atoms with Gasteiger partial charge in [0.2, 0.25) is 0 Å². The first-order chi connectivity index (χ1) is 29.3. The predicted octanol–water partition coefficient (Wildman–Crippen LogP) is 14.2. The van der Waals surface area contributed by atoms with Gasteiger partial charge in [-0.1, -0.05) is 140 Å². The van der Waals surface area contributed by atoms with Gasteiger partial charge in [0.05, 0.1) is 61.8 Å². The molecule has 0 amide bonds. The zero-order valence-corrected chi connectivity index (χ0v) is 31.9. The van der Waals surface area contributed by atoms with Gasteiger partial charge in [-0.3, -0.25) is 0 Å². The molecule has 12 aromatic rings. The molecule has 0 bridgehead atoms. The summed E-state index contributed by atoms with van der Waals surface area (Å²) in [5.74, 6) is 0. The van der Waals surface area contributed by atoms with E-state index in [9.17, 15) is 5.26 Å². The number of rotatable bonds is 5. The second kappa shape index (κ2) is 13.0. The molecule has 3 heterocycles. The summed E-state index contributed by atoms with van der Waals surface area (Å²) in [6.45, 7) is 0. The van der Waals surface area contributed by atoms with Crippen molar-refractivity contribution < 1.29 is 0 Å². The van der Waals surface area contributed by atoms with Gasteiger partial charge in [0.15, 0.2) is 0 Å². The van der Waals surface area contributed by atoms with Crippen LogP contribution in [0.25, 0.3) is 105 Å². The van der Waals surface area contributed by atoms with Gasteiger partial charge in [-0.2, -0.15) is 5.26 Å². The molecule has 0 fully saturated rings. The topological polar surface area (TPSA) is 38.6 Å². The number of benzene rings is 9. The van der Waals surface area contributed by atoms with Crippen molar-refractivity contribution in [3.8, 4) is 45.4 Å². The highest BCUT2D eigenvalue weighted by molar-refractivity contribution is 6.17. The van der Waals surface area contributed by atoms with E-state index in [-0.39, 0.29) is 0 Å². The van der Waals surface area contributed by atoms with Crippen LogP contribution < -0.4 is 0 Å². The lowest BCUT2D eigenvalue weighted by Gasteiger charge is -2.21. The summed E-state index contributed by atoms with van der Waals surface area (Å²) in [6.07, 6.45) is 0. The van der Waals surface area contributed by atoms with Crippen molar-refractivity contribution in [1.82, 2.24) is 13.7 Å². The molecule has 0 aliphatic carbocycles. The number of nitriles is 1. The van der Waals surface area contributed by atoms with Gasteiger partial charge in [0.1, 0.15) is 0 Å². The summed E-state index contributed by atoms with van der Waals surface area (Å²) in [4.78, 5) is 0. The normalized spacial score (nSPS) is 11.7. The summed E-state index contributed by atoms with van der Waals surface area (Å²) >= 11 is 0. The summed E-state index contributed by atoms with van der Waals surface area (Å²) in [5.41, 5.74) is 15.3. The first-order valence-corrected chi connectivity index (χ1v) is 20.0. The van der Waals surface area contributed by atoms with Gasteiger partial charge >= 0.3 is 0 Å². The lowest BCUT2D eigenvalue weighted by Crippen LogP contribution is -2.02. The van der Waals surface area contributed by atoms with E-state index in [1.165, 1.54) is 43.4 Å². The Morgan fingerprint density at radius 1 is 0.305 bits per heavy atom. The Morgan fingerprint density at radius 2 is 0.695 bits per heavy atom. The maximum atomic E-state index is 9.81. The zero-order valence-electron chi connectivity index (χ0n) is 31.9. The second-order valence-electron chi connectivity index (χ2n) is 15.2. The lowest BCUT2D eigenvalue weighted by molar-refractivity contribution is 1.16. The van der Waals surface area contributed by atoms with Crippen molar-refractivity contribution in [3.63, 3.8) is 0 Å². The molecule has 9 aromatic carbocycles. The second-order valence-corrected chi connectivity index (χ2v) is 15.2. The summed E-state index contributed by atoms with van der Waals surface area (Å²) in [7, 11) is 0. The van der Waals surface area contributed by atoms with Crippen LogP contribution in [0.5, 0.6) is 0 Å². The van der Waals surface area contributed by atoms with Gasteiger partial charge in [0.25, 0.3) is 0 Å². The standard InChI is InChI=1S/C55H34N4/c56-35-36-31-33-37(34-32-36)54-43(21-13-28-51(54)57-45-22-7-1-15-38(45)39-16-2-8-23-46(39)57)42-19-5-11-26-49(42)59-50-27-12-6-20-44(50)55-52(29-14-30-53(55)59)58-47-24-9-3-17-40(47)41-18-4-10-25-48(41)58/h1-34H. The Bertz CT molecular complexity index is 3580. The average Bonchev–Trinajstić information content (AvgIpc) is 3.95. The molecule has 0 radical (unpaired) electrons. The van der Waals surface area contributed by atoms with E-state index in [1.54, 1.807) is 0 Å². The molecule has 0 saturated heterocycles. The fourth-order valence-electron chi connectivity index (χ4n) is 9.67. The first kappa shape index (κ1) is 33.1. The molecule has 4 nitrogen and oxygen atoms in total. The third-order valence-electron chi connectivity index (χ3n) is 12.1. The fourth-order valence-corrected chi connectivity index (χ4v) is 9.67. The number of nitrogens with zero attached hydrogens (tertiary/aromatic N) is 4. The maximum absolute atomic E-state index is 9.81. The third-order valence-corrected chi connectivity index (χ3v) is 12.1. The number of fused-ring (bicyclic) bond motifs is 9. The van der Waals surface area contributed by atoms with Crippen molar-refractivity contribution in [2.24, 2.45) is 0 Å². The Morgan fingerprint density at radius 3 is 1.27 bits per heavy atom. The van der Waals surface area contributed by atoms with Crippen LogP contribution in [0, 0.1) is 11.3 Å². The quantitative estimate of drug-likeness (QED) is 0.173. The molecule has 0 spiro atoms. The van der Waals surface area contributed by atoms with Crippen LogP contribution >= 0.6 is 0 Å². The first-order valence-electron chi connectivity index (χ1n) is 20.0. The van der Waals surface area contributed by atoms with Gasteiger partial charge in [-0.25, -0.2) is 0 Å². The van der Waals surface area contributed by atoms with E-state index in [1.807, 2.05) is 12.1 Å². The SMILES string of the molecule is N#Cc1ccc(-c2c(-c3ccccc3-n3c4ccccc4c4c(-n5c6ccccc6c6ccccc65)cccc43)cccc2-n2c3ccccc3c3ccccc32)cc1. The Labute approximate surface area is 340 Å². The van der Waals surface area contributed by atoms with Crippen LogP contribution in [-0.4, -0.2) is 13.7 Å². The maximum Gasteiger partial charge on any atom is 0.0991 e. The van der Waals surface area contributed by atoms with Crippen LogP contribution in [-0.2, 0) is 0 Å². The summed E-state index contributed by atoms with van der Waals surface area (Å²) in [6, 6.07) is 76.2. The van der Waals surface area contributed by atoms with E-state index >= 15 is 0 Å². The number of aromatic nitrogens is 3. The molecule has 0 unspecified atom stereocenters. The van der Waals surface area contributed by atoms with Gasteiger partial charge < -0.3 is 13.7 Å². The molecule has 59 heavy (non-hydrogen) atoms. The van der Waals surface area contributed by atoms with Crippen molar-refractivity contribution >= 4 is 65.4 Å². The third kappa shape index (κ3) is 4.83. The minimum atomic E-state index is 0.634. The van der Waals surface area contributed by atoms with Crippen molar-refractivity contribution in [3.05, 3.63) is 212 Å². The Balaban J connectivity index is 1.17. The Kier molecular flexibility index (Phi) is 7.26. The van der Waals surface area contributed by atoms with Gasteiger partial charge in [0, 0.05) is 43.4 Å². The zero-order chi connectivity index (χ0) is 39.0. The van der Waals surface area contributed by atoms with Gasteiger partial charge in [-0.05, 0) is 77.9 Å². The molecule has 0 aliphatic heterocycles. The molecule has 0 aliphatic rings. The van der Waals surface area contributed by atoms with Crippen LogP contribution in [0.2, 0.25) is 0 Å². The van der Waals surface area contributed by atoms with Crippen LogP contribution in [0.1, 0.15) is 5.56 Å². The molecular weight excluding hydrogens is 717 g/mol. The van der Waals surface area contributed by atoms with Crippen LogP contribution in [0.3, 0.4) is 0 Å². The average molecular weight is 751 g/mol. The smallest absolute Gasteiger partial charge is 0.0991 e. The number of hydrogen-bond donors (Lipinski definition) is 0. The lowest BCUT2D eigenvalue weighted by atomic mass is 9.91. The summed E-state index contributed by atoms with van der Waals surface area (Å²) in [5, 5.41) is 17.1. The monoisotopic (exact) mass is 750 g/mol. The largest absolute Gasteiger partial charge is 0.309 e. The highest BCUT2D eigenvalue weighted by Gasteiger charge is 2.24. The highest BCUT2D eigenvalue weighted by Crippen LogP contribution is 2.45. The van der Waals surface area contributed by atoms with Crippen LogP contribution in [0.15, 0.2) is 206 Å². The molecule has 274 valence electrons. The molecule has 0 saturated carbocycles. The van der Waals surface area contributed by atoms with E-state index in [0.717, 1.165) is 61.4 Å². The molecule has 4 heteroatoms. The molecule has 0 N–H and O–H groups in total. The molecule has 0 atom stereocenters. The van der Waals surface area contributed by atoms with E-state index < -0.39 is 0 Å². The fraction of sp³-hybridized carbons (Fsp3) is 0. The van der Waals surface area contributed by atoms with Crippen molar-refractivity contribution in [2.75, 3.05) is 0 Å². The minimum absolute atomic E-state index is 0.634. The highest BCUT2D eigenvalue weighted by atomic mass is 15.0. The van der Waals surface area contributed by atoms with E-state index in [0.29, 0.717) is 5.56 Å². The van der Waals surface area contributed by atoms with E-state index in [2.05, 4.69) is 214 Å². The minimum Gasteiger partial charge on any atom is -0.309 e.